The summed E-state index contributed by atoms with van der Waals surface area (Å²) in [4.78, 5) is 2.49. The normalized spacial score (nSPS) is 15.2. The fraction of sp³-hybridized carbons (Fsp3) is 0.444. The van der Waals surface area contributed by atoms with Crippen molar-refractivity contribution < 1.29 is 4.42 Å². The minimum atomic E-state index is 0.741. The van der Waals surface area contributed by atoms with E-state index in [9.17, 15) is 0 Å². The molecule has 1 aromatic heterocycles. The van der Waals surface area contributed by atoms with Crippen LogP contribution in [0.1, 0.15) is 37.7 Å². The molecule has 3 nitrogen and oxygen atoms in total. The van der Waals surface area contributed by atoms with Crippen molar-refractivity contribution in [2.75, 3.05) is 23.3 Å². The quantitative estimate of drug-likeness (QED) is 0.879. The average Bonchev–Trinajstić information content (AvgIpc) is 3.02. The molecule has 1 saturated heterocycles. The van der Waals surface area contributed by atoms with Crippen LogP contribution >= 0.6 is 0 Å². The molecule has 0 amide bonds. The lowest BCUT2D eigenvalue weighted by Crippen LogP contribution is -2.30. The lowest BCUT2D eigenvalue weighted by Gasteiger charge is -2.30. The summed E-state index contributed by atoms with van der Waals surface area (Å²) in [6.07, 6.45) is 4.90. The Morgan fingerprint density at radius 3 is 2.52 bits per heavy atom. The molecule has 0 atom stereocenters. The second-order valence-corrected chi connectivity index (χ2v) is 5.64. The van der Waals surface area contributed by atoms with Crippen LogP contribution in [0.3, 0.4) is 0 Å². The third-order valence-electron chi connectivity index (χ3n) is 4.12. The monoisotopic (exact) mass is 284 g/mol. The lowest BCUT2D eigenvalue weighted by molar-refractivity contribution is 0.476. The number of furan rings is 1. The minimum absolute atomic E-state index is 0.741. The van der Waals surface area contributed by atoms with Gasteiger partial charge in [-0.2, -0.15) is 0 Å². The van der Waals surface area contributed by atoms with Gasteiger partial charge in [-0.15, -0.1) is 0 Å². The average molecular weight is 284 g/mol. The van der Waals surface area contributed by atoms with E-state index < -0.39 is 0 Å². The van der Waals surface area contributed by atoms with E-state index in [1.165, 1.54) is 43.7 Å². The van der Waals surface area contributed by atoms with Crippen molar-refractivity contribution in [3.8, 4) is 0 Å². The van der Waals surface area contributed by atoms with E-state index in [2.05, 4.69) is 53.5 Å². The number of piperidine rings is 1. The van der Waals surface area contributed by atoms with Gasteiger partial charge in [0.25, 0.3) is 0 Å². The maximum absolute atomic E-state index is 5.76. The molecule has 0 spiro atoms. The second kappa shape index (κ2) is 6.70. The summed E-state index contributed by atoms with van der Waals surface area (Å²) in [5.74, 6) is 2.05. The highest BCUT2D eigenvalue weighted by Gasteiger charge is 2.14. The second-order valence-electron chi connectivity index (χ2n) is 5.64. The summed E-state index contributed by atoms with van der Waals surface area (Å²) in [6.45, 7) is 5.19. The Morgan fingerprint density at radius 2 is 1.76 bits per heavy atom. The van der Waals surface area contributed by atoms with E-state index in [0.717, 1.165) is 24.5 Å². The zero-order valence-electron chi connectivity index (χ0n) is 12.8. The number of nitrogens with one attached hydrogen (secondary N) is 1. The van der Waals surface area contributed by atoms with Crippen molar-refractivity contribution >= 4 is 11.4 Å². The van der Waals surface area contributed by atoms with Gasteiger partial charge >= 0.3 is 0 Å². The van der Waals surface area contributed by atoms with E-state index >= 15 is 0 Å². The molecule has 0 bridgehead atoms. The summed E-state index contributed by atoms with van der Waals surface area (Å²) in [6, 6.07) is 12.7. The van der Waals surface area contributed by atoms with Crippen molar-refractivity contribution in [3.05, 3.63) is 47.9 Å². The molecule has 0 radical (unpaired) electrons. The van der Waals surface area contributed by atoms with Gasteiger partial charge in [0.15, 0.2) is 0 Å². The first kappa shape index (κ1) is 14.1. The zero-order chi connectivity index (χ0) is 14.5. The van der Waals surface area contributed by atoms with E-state index in [1.807, 2.05) is 0 Å². The Morgan fingerprint density at radius 1 is 1.00 bits per heavy atom. The first-order valence-corrected chi connectivity index (χ1v) is 8.02. The highest BCUT2D eigenvalue weighted by atomic mass is 16.3. The number of benzene rings is 1. The Hall–Kier alpha value is -1.90. The molecule has 1 fully saturated rings. The first-order chi connectivity index (χ1) is 10.4. The molecule has 1 N–H and O–H groups in total. The van der Waals surface area contributed by atoms with Gasteiger partial charge in [-0.1, -0.05) is 19.1 Å². The van der Waals surface area contributed by atoms with Gasteiger partial charge < -0.3 is 14.6 Å². The fourth-order valence-corrected chi connectivity index (χ4v) is 2.92. The summed E-state index contributed by atoms with van der Waals surface area (Å²) < 4.78 is 5.76. The van der Waals surface area contributed by atoms with Crippen molar-refractivity contribution in [1.82, 2.24) is 0 Å². The fourth-order valence-electron chi connectivity index (χ4n) is 2.92. The van der Waals surface area contributed by atoms with Crippen LogP contribution in [0.15, 0.2) is 40.8 Å². The molecule has 1 aromatic carbocycles. The maximum Gasteiger partial charge on any atom is 0.123 e. The predicted octanol–water partition coefficient (Wildman–Crippen LogP) is 4.44. The van der Waals surface area contributed by atoms with Crippen molar-refractivity contribution in [2.24, 2.45) is 0 Å². The number of hydrogen-bond acceptors (Lipinski definition) is 3. The van der Waals surface area contributed by atoms with E-state index in [4.69, 9.17) is 4.42 Å². The van der Waals surface area contributed by atoms with Gasteiger partial charge in [0.1, 0.15) is 11.5 Å². The van der Waals surface area contributed by atoms with Crippen molar-refractivity contribution in [2.45, 2.75) is 39.2 Å². The van der Waals surface area contributed by atoms with E-state index in [-0.39, 0.29) is 0 Å². The summed E-state index contributed by atoms with van der Waals surface area (Å²) in [5, 5.41) is 3.53. The number of hydrogen-bond donors (Lipinski definition) is 1. The van der Waals surface area contributed by atoms with E-state index in [0.29, 0.717) is 0 Å². The Kier molecular flexibility index (Phi) is 4.49. The topological polar surface area (TPSA) is 28.4 Å². The number of rotatable bonds is 5. The van der Waals surface area contributed by atoms with Gasteiger partial charge in [0.05, 0.1) is 17.9 Å². The molecule has 3 rings (SSSR count). The molecule has 112 valence electrons. The lowest BCUT2D eigenvalue weighted by atomic mass is 10.1. The molecule has 0 saturated carbocycles. The van der Waals surface area contributed by atoms with Crippen molar-refractivity contribution in [3.63, 3.8) is 0 Å². The third-order valence-corrected chi connectivity index (χ3v) is 4.12. The maximum atomic E-state index is 5.76. The SMILES string of the molecule is CCc1ccc(CNc2ccccc2N2CCCCC2)o1. The van der Waals surface area contributed by atoms with Gasteiger partial charge in [0, 0.05) is 19.5 Å². The standard InChI is InChI=1S/C18H24N2O/c1-2-15-10-11-16(21-15)14-19-17-8-4-5-9-18(17)20-12-6-3-7-13-20/h4-5,8-11,19H,2-3,6-7,12-14H2,1H3. The van der Waals surface area contributed by atoms with Crippen LogP contribution in [-0.4, -0.2) is 13.1 Å². The van der Waals surface area contributed by atoms with Crippen molar-refractivity contribution in [1.29, 1.82) is 0 Å². The minimum Gasteiger partial charge on any atom is -0.464 e. The molecule has 0 aliphatic carbocycles. The predicted molar refractivity (Wildman–Crippen MR) is 87.9 cm³/mol. The summed E-state index contributed by atoms with van der Waals surface area (Å²) >= 11 is 0. The number of para-hydroxylation sites is 2. The Labute approximate surface area is 127 Å². The summed E-state index contributed by atoms with van der Waals surface area (Å²) in [5.41, 5.74) is 2.52. The number of aryl methyl sites for hydroxylation is 1. The first-order valence-electron chi connectivity index (χ1n) is 8.02. The zero-order valence-corrected chi connectivity index (χ0v) is 12.8. The molecule has 1 aliphatic heterocycles. The van der Waals surface area contributed by atoms with Gasteiger partial charge in [-0.3, -0.25) is 0 Å². The Bertz CT molecular complexity index is 570. The third kappa shape index (κ3) is 3.41. The smallest absolute Gasteiger partial charge is 0.123 e. The Balaban J connectivity index is 1.69. The van der Waals surface area contributed by atoms with Crippen LogP contribution < -0.4 is 10.2 Å². The molecular formula is C18H24N2O. The molecule has 3 heteroatoms. The van der Waals surface area contributed by atoms with Crippen LogP contribution in [0.2, 0.25) is 0 Å². The highest BCUT2D eigenvalue weighted by Crippen LogP contribution is 2.28. The van der Waals surface area contributed by atoms with Crippen LogP contribution in [0.4, 0.5) is 11.4 Å². The van der Waals surface area contributed by atoms with Crippen LogP contribution in [0.25, 0.3) is 0 Å². The van der Waals surface area contributed by atoms with Crippen LogP contribution in [0, 0.1) is 0 Å². The molecular weight excluding hydrogens is 260 g/mol. The highest BCUT2D eigenvalue weighted by molar-refractivity contribution is 5.70. The molecule has 21 heavy (non-hydrogen) atoms. The number of nitrogens with zero attached hydrogens (tertiary/aromatic N) is 1. The van der Waals surface area contributed by atoms with Gasteiger partial charge in [0.2, 0.25) is 0 Å². The van der Waals surface area contributed by atoms with Crippen LogP contribution in [0.5, 0.6) is 0 Å². The molecule has 2 heterocycles. The van der Waals surface area contributed by atoms with Gasteiger partial charge in [-0.05, 0) is 43.5 Å². The molecule has 1 aliphatic rings. The summed E-state index contributed by atoms with van der Waals surface area (Å²) in [7, 11) is 0. The van der Waals surface area contributed by atoms with E-state index in [1.54, 1.807) is 0 Å². The number of anilines is 2. The largest absolute Gasteiger partial charge is 0.464 e. The van der Waals surface area contributed by atoms with Gasteiger partial charge in [-0.25, -0.2) is 0 Å². The molecule has 2 aromatic rings. The molecule has 0 unspecified atom stereocenters. The van der Waals surface area contributed by atoms with Crippen LogP contribution in [-0.2, 0) is 13.0 Å².